The van der Waals surface area contributed by atoms with E-state index in [1.54, 1.807) is 18.2 Å². The minimum Gasteiger partial charge on any atom is -0.294 e. The zero-order chi connectivity index (χ0) is 13.1. The Labute approximate surface area is 129 Å². The molecular weight excluding hydrogens is 382 g/mol. The Morgan fingerprint density at radius 3 is 2.28 bits per heavy atom. The Kier molecular flexibility index (Phi) is 4.65. The van der Waals surface area contributed by atoms with E-state index in [1.807, 2.05) is 24.3 Å². The minimum atomic E-state index is 0.0368. The zero-order valence-corrected chi connectivity index (χ0v) is 13.0. The van der Waals surface area contributed by atoms with Crippen molar-refractivity contribution in [3.8, 4) is 0 Å². The van der Waals surface area contributed by atoms with E-state index in [-0.39, 0.29) is 5.78 Å². The summed E-state index contributed by atoms with van der Waals surface area (Å²) in [6, 6.07) is 12.8. The van der Waals surface area contributed by atoms with Gasteiger partial charge in [0.25, 0.3) is 0 Å². The molecule has 4 heteroatoms. The minimum absolute atomic E-state index is 0.0368. The van der Waals surface area contributed by atoms with Gasteiger partial charge < -0.3 is 0 Å². The molecule has 0 fully saturated rings. The summed E-state index contributed by atoms with van der Waals surface area (Å²) < 4.78 is 1.15. The van der Waals surface area contributed by atoms with Crippen LogP contribution in [-0.2, 0) is 6.42 Å². The van der Waals surface area contributed by atoms with Gasteiger partial charge in [-0.2, -0.15) is 0 Å². The van der Waals surface area contributed by atoms with Gasteiger partial charge in [0, 0.05) is 15.6 Å². The van der Waals surface area contributed by atoms with Crippen LogP contribution in [0.1, 0.15) is 15.9 Å². The lowest BCUT2D eigenvalue weighted by Gasteiger charge is -2.03. The number of hydrogen-bond donors (Lipinski definition) is 0. The maximum Gasteiger partial charge on any atom is 0.167 e. The third kappa shape index (κ3) is 3.46. The Bertz CT molecular complexity index is 579. The highest BCUT2D eigenvalue weighted by atomic mass is 127. The molecule has 0 atom stereocenters. The van der Waals surface area contributed by atoms with Gasteiger partial charge in [-0.25, -0.2) is 0 Å². The molecule has 0 aliphatic rings. The topological polar surface area (TPSA) is 17.1 Å². The molecule has 1 nitrogen and oxygen atoms in total. The normalized spacial score (nSPS) is 10.4. The second-order valence-corrected chi connectivity index (χ2v) is 5.92. The van der Waals surface area contributed by atoms with Crippen molar-refractivity contribution in [1.82, 2.24) is 0 Å². The molecule has 18 heavy (non-hydrogen) atoms. The van der Waals surface area contributed by atoms with Gasteiger partial charge >= 0.3 is 0 Å². The Morgan fingerprint density at radius 2 is 1.67 bits per heavy atom. The van der Waals surface area contributed by atoms with Crippen molar-refractivity contribution >= 4 is 51.6 Å². The summed E-state index contributed by atoms with van der Waals surface area (Å²) in [7, 11) is 0. The van der Waals surface area contributed by atoms with Gasteiger partial charge in [-0.15, -0.1) is 0 Å². The highest BCUT2D eigenvalue weighted by molar-refractivity contribution is 14.1. The van der Waals surface area contributed by atoms with E-state index in [0.29, 0.717) is 22.0 Å². The first kappa shape index (κ1) is 13.8. The predicted octanol–water partition coefficient (Wildman–Crippen LogP) is 5.02. The van der Waals surface area contributed by atoms with Crippen LogP contribution in [0.5, 0.6) is 0 Å². The molecule has 0 saturated carbocycles. The lowest BCUT2D eigenvalue weighted by Crippen LogP contribution is -2.03. The third-order valence-electron chi connectivity index (χ3n) is 2.52. The van der Waals surface area contributed by atoms with Gasteiger partial charge in [0.15, 0.2) is 5.78 Å². The van der Waals surface area contributed by atoms with Gasteiger partial charge in [-0.05, 0) is 58.5 Å². The first-order valence-corrected chi connectivity index (χ1v) is 7.12. The number of carbonyl (C=O) groups excluding carboxylic acids is 1. The molecule has 0 unspecified atom stereocenters. The van der Waals surface area contributed by atoms with E-state index >= 15 is 0 Å². The number of benzene rings is 2. The lowest BCUT2D eigenvalue weighted by atomic mass is 10.0. The maximum atomic E-state index is 12.1. The largest absolute Gasteiger partial charge is 0.294 e. The smallest absolute Gasteiger partial charge is 0.167 e. The molecule has 0 saturated heterocycles. The highest BCUT2D eigenvalue weighted by Gasteiger charge is 2.09. The van der Waals surface area contributed by atoms with Crippen LogP contribution < -0.4 is 0 Å². The number of Topliss-reactive ketones (excluding diaryl/α,β-unsaturated/α-hetero) is 1. The van der Waals surface area contributed by atoms with E-state index in [2.05, 4.69) is 22.6 Å². The summed E-state index contributed by atoms with van der Waals surface area (Å²) in [6.45, 7) is 0. The predicted molar refractivity (Wildman–Crippen MR) is 83.7 cm³/mol. The lowest BCUT2D eigenvalue weighted by molar-refractivity contribution is 0.0993. The fourth-order valence-electron chi connectivity index (χ4n) is 1.56. The van der Waals surface area contributed by atoms with Crippen LogP contribution in [0.4, 0.5) is 0 Å². The third-order valence-corrected chi connectivity index (χ3v) is 3.98. The summed E-state index contributed by atoms with van der Waals surface area (Å²) >= 11 is 13.9. The molecule has 0 amide bonds. The second-order valence-electron chi connectivity index (χ2n) is 3.86. The fourth-order valence-corrected chi connectivity index (χ4v) is 2.22. The Hall–Kier alpha value is -0.580. The van der Waals surface area contributed by atoms with Gasteiger partial charge in [0.05, 0.1) is 10.0 Å². The van der Waals surface area contributed by atoms with Crippen molar-refractivity contribution < 1.29 is 4.79 Å². The van der Waals surface area contributed by atoms with Crippen molar-refractivity contribution in [3.05, 3.63) is 67.2 Å². The molecule has 0 bridgehead atoms. The molecule has 2 rings (SSSR count). The van der Waals surface area contributed by atoms with E-state index in [9.17, 15) is 4.79 Å². The van der Waals surface area contributed by atoms with Crippen LogP contribution >= 0.6 is 45.8 Å². The maximum absolute atomic E-state index is 12.1. The summed E-state index contributed by atoms with van der Waals surface area (Å²) in [6.07, 6.45) is 0.370. The van der Waals surface area contributed by atoms with Gasteiger partial charge in [-0.3, -0.25) is 4.79 Å². The summed E-state index contributed by atoms with van der Waals surface area (Å²) in [5.74, 6) is 0.0368. The molecule has 0 spiro atoms. The van der Waals surface area contributed by atoms with E-state index < -0.39 is 0 Å². The first-order valence-electron chi connectivity index (χ1n) is 5.29. The van der Waals surface area contributed by atoms with Gasteiger partial charge in [0.2, 0.25) is 0 Å². The molecule has 0 aliphatic carbocycles. The zero-order valence-electron chi connectivity index (χ0n) is 9.29. The fraction of sp³-hybridized carbons (Fsp3) is 0.0714. The van der Waals surface area contributed by atoms with Gasteiger partial charge in [0.1, 0.15) is 0 Å². The average molecular weight is 391 g/mol. The van der Waals surface area contributed by atoms with Crippen molar-refractivity contribution in [2.24, 2.45) is 0 Å². The van der Waals surface area contributed by atoms with E-state index in [1.165, 1.54) is 0 Å². The van der Waals surface area contributed by atoms with Crippen molar-refractivity contribution in [2.45, 2.75) is 6.42 Å². The molecule has 2 aromatic rings. The summed E-state index contributed by atoms with van der Waals surface area (Å²) in [4.78, 5) is 12.1. The van der Waals surface area contributed by atoms with Crippen LogP contribution in [0.25, 0.3) is 0 Å². The molecule has 0 aliphatic heterocycles. The van der Waals surface area contributed by atoms with E-state index in [0.717, 1.165) is 9.13 Å². The SMILES string of the molecule is O=C(Cc1ccc(I)cc1)c1ccc(Cl)c(Cl)c1. The second kappa shape index (κ2) is 6.04. The molecule has 0 aromatic heterocycles. The van der Waals surface area contributed by atoms with Crippen LogP contribution in [0, 0.1) is 3.57 Å². The van der Waals surface area contributed by atoms with Crippen LogP contribution in [-0.4, -0.2) is 5.78 Å². The number of carbonyl (C=O) groups is 1. The molecular formula is C14H9Cl2IO. The number of rotatable bonds is 3. The number of hydrogen-bond acceptors (Lipinski definition) is 1. The van der Waals surface area contributed by atoms with Crippen LogP contribution in [0.2, 0.25) is 10.0 Å². The van der Waals surface area contributed by atoms with Crippen LogP contribution in [0.3, 0.4) is 0 Å². The Balaban J connectivity index is 2.16. The Morgan fingerprint density at radius 1 is 1.00 bits per heavy atom. The quantitative estimate of drug-likeness (QED) is 0.531. The standard InChI is InChI=1S/C14H9Cl2IO/c15-12-6-3-10(8-13(12)16)14(18)7-9-1-4-11(17)5-2-9/h1-6,8H,7H2. The molecule has 0 radical (unpaired) electrons. The first-order chi connectivity index (χ1) is 8.56. The molecule has 0 heterocycles. The number of halogens is 3. The van der Waals surface area contributed by atoms with Gasteiger partial charge in [-0.1, -0.05) is 35.3 Å². The van der Waals surface area contributed by atoms with E-state index in [4.69, 9.17) is 23.2 Å². The number of ketones is 1. The summed E-state index contributed by atoms with van der Waals surface area (Å²) in [5, 5.41) is 0.868. The molecule has 92 valence electrons. The monoisotopic (exact) mass is 390 g/mol. The van der Waals surface area contributed by atoms with Crippen molar-refractivity contribution in [2.75, 3.05) is 0 Å². The summed E-state index contributed by atoms with van der Waals surface area (Å²) in [5.41, 5.74) is 1.58. The molecule has 0 N–H and O–H groups in total. The average Bonchev–Trinajstić information content (AvgIpc) is 2.35. The molecule has 2 aromatic carbocycles. The van der Waals surface area contributed by atoms with Crippen LogP contribution in [0.15, 0.2) is 42.5 Å². The van der Waals surface area contributed by atoms with Crippen molar-refractivity contribution in [3.63, 3.8) is 0 Å². The van der Waals surface area contributed by atoms with Crippen molar-refractivity contribution in [1.29, 1.82) is 0 Å². The highest BCUT2D eigenvalue weighted by Crippen LogP contribution is 2.23.